The molecule has 0 amide bonds. The Bertz CT molecular complexity index is 1100. The number of aromatic hydroxyl groups is 1. The molecule has 1 aromatic heterocycles. The summed E-state index contributed by atoms with van der Waals surface area (Å²) in [6, 6.07) is 5.37. The molecule has 1 aliphatic heterocycles. The first-order valence-corrected chi connectivity index (χ1v) is 12.3. The van der Waals surface area contributed by atoms with E-state index >= 15 is 0 Å². The molecule has 1 aliphatic carbocycles. The summed E-state index contributed by atoms with van der Waals surface area (Å²) >= 11 is 0. The van der Waals surface area contributed by atoms with Crippen molar-refractivity contribution in [2.24, 2.45) is 5.92 Å². The first kappa shape index (κ1) is 25.1. The van der Waals surface area contributed by atoms with E-state index in [1.807, 2.05) is 12.1 Å². The lowest BCUT2D eigenvalue weighted by Crippen LogP contribution is -2.30. The smallest absolute Gasteiger partial charge is 0.306 e. The van der Waals surface area contributed by atoms with Crippen LogP contribution < -0.4 is 14.9 Å². The van der Waals surface area contributed by atoms with Crippen molar-refractivity contribution in [2.45, 2.75) is 64.0 Å². The molecule has 1 N–H and O–H groups in total. The Balaban J connectivity index is 1.59. The number of carbonyl (C=O) groups is 1. The summed E-state index contributed by atoms with van der Waals surface area (Å²) in [5.74, 6) is 1.12. The van der Waals surface area contributed by atoms with Gasteiger partial charge >= 0.3 is 5.97 Å². The number of ether oxygens (including phenoxy) is 3. The molecule has 0 radical (unpaired) electrons. The number of benzene rings is 1. The van der Waals surface area contributed by atoms with Crippen molar-refractivity contribution in [3.05, 3.63) is 51.1 Å². The van der Waals surface area contributed by atoms with Gasteiger partial charge in [0, 0.05) is 25.1 Å². The molecule has 2 aliphatic rings. The second kappa shape index (κ2) is 11.2. The second-order valence-corrected chi connectivity index (χ2v) is 9.51. The average Bonchev–Trinajstić information content (AvgIpc) is 2.88. The Hall–Kier alpha value is -3.00. The second-order valence-electron chi connectivity index (χ2n) is 9.51. The summed E-state index contributed by atoms with van der Waals surface area (Å²) in [5, 5.41) is 10.7. The number of esters is 1. The Labute approximate surface area is 205 Å². The summed E-state index contributed by atoms with van der Waals surface area (Å²) in [4.78, 5) is 27.1. The van der Waals surface area contributed by atoms with Crippen molar-refractivity contribution in [3.8, 4) is 17.2 Å². The third-order valence-corrected chi connectivity index (χ3v) is 7.35. The summed E-state index contributed by atoms with van der Waals surface area (Å²) in [6.45, 7) is 1.88. The first-order chi connectivity index (χ1) is 16.9. The molecule has 2 heterocycles. The van der Waals surface area contributed by atoms with Crippen LogP contribution in [0.3, 0.4) is 0 Å². The fourth-order valence-corrected chi connectivity index (χ4v) is 5.45. The molecule has 8 heteroatoms. The van der Waals surface area contributed by atoms with Gasteiger partial charge < -0.3 is 23.7 Å². The largest absolute Gasteiger partial charge is 0.502 e. The molecule has 35 heavy (non-hydrogen) atoms. The number of fused-ring (bicyclic) bond motifs is 1. The fourth-order valence-electron chi connectivity index (χ4n) is 5.45. The van der Waals surface area contributed by atoms with Gasteiger partial charge in [-0.25, -0.2) is 0 Å². The maximum absolute atomic E-state index is 12.7. The molecule has 0 spiro atoms. The predicted octanol–water partition coefficient (Wildman–Crippen LogP) is 4.15. The van der Waals surface area contributed by atoms with Gasteiger partial charge in [0.15, 0.2) is 17.3 Å². The molecule has 0 unspecified atom stereocenters. The zero-order valence-corrected chi connectivity index (χ0v) is 20.8. The minimum atomic E-state index is -0.476. The highest BCUT2D eigenvalue weighted by atomic mass is 16.5. The summed E-state index contributed by atoms with van der Waals surface area (Å²) < 4.78 is 22.0. The number of hydrogen-bond acceptors (Lipinski definition) is 8. The van der Waals surface area contributed by atoms with Crippen LogP contribution in [-0.4, -0.2) is 43.8 Å². The minimum absolute atomic E-state index is 0.0832. The Morgan fingerprint density at radius 3 is 2.43 bits per heavy atom. The first-order valence-electron chi connectivity index (χ1n) is 12.3. The molecule has 190 valence electrons. The molecule has 0 saturated heterocycles. The van der Waals surface area contributed by atoms with Crippen LogP contribution in [0.4, 0.5) is 0 Å². The van der Waals surface area contributed by atoms with Crippen molar-refractivity contribution < 1.29 is 28.5 Å². The highest BCUT2D eigenvalue weighted by molar-refractivity contribution is 5.70. The van der Waals surface area contributed by atoms with Gasteiger partial charge in [0.1, 0.15) is 5.76 Å². The van der Waals surface area contributed by atoms with E-state index in [4.69, 9.17) is 18.6 Å². The normalized spacial score (nSPS) is 17.5. The van der Waals surface area contributed by atoms with Crippen LogP contribution in [0.25, 0.3) is 0 Å². The summed E-state index contributed by atoms with van der Waals surface area (Å²) in [6.07, 6.45) is 6.07. The van der Waals surface area contributed by atoms with Crippen molar-refractivity contribution in [2.75, 3.05) is 27.9 Å². The van der Waals surface area contributed by atoms with Crippen molar-refractivity contribution in [1.82, 2.24) is 4.90 Å². The van der Waals surface area contributed by atoms with E-state index in [0.717, 1.165) is 50.6 Å². The highest BCUT2D eigenvalue weighted by Gasteiger charge is 2.33. The topological polar surface area (TPSA) is 98.4 Å². The number of methoxy groups -OCH3 is 3. The van der Waals surface area contributed by atoms with E-state index < -0.39 is 11.2 Å². The van der Waals surface area contributed by atoms with Crippen LogP contribution in [0.5, 0.6) is 17.2 Å². The molecule has 8 nitrogen and oxygen atoms in total. The standard InChI is InChI=1S/C27H35NO7/c1-32-23-11-18-9-10-28(15-19(18)12-24(23)33-2)16-20-13-22(29)26(31)27(35-20)21(14-25(30)34-3)17-7-5-4-6-8-17/h11-13,17,21,31H,4-10,14-16H2,1-3H3/t21-/m0/s1. The molecule has 1 aromatic carbocycles. The Morgan fingerprint density at radius 2 is 1.77 bits per heavy atom. The molecule has 1 saturated carbocycles. The monoisotopic (exact) mass is 485 g/mol. The van der Waals surface area contributed by atoms with Crippen LogP contribution in [0.1, 0.15) is 67.1 Å². The third-order valence-electron chi connectivity index (χ3n) is 7.35. The lowest BCUT2D eigenvalue weighted by Gasteiger charge is -2.31. The number of hydrogen-bond donors (Lipinski definition) is 1. The molecule has 0 bridgehead atoms. The maximum atomic E-state index is 12.7. The van der Waals surface area contributed by atoms with Crippen LogP contribution in [0.2, 0.25) is 0 Å². The number of rotatable bonds is 8. The van der Waals surface area contributed by atoms with E-state index in [2.05, 4.69) is 4.90 Å². The SMILES string of the molecule is COC(=O)C[C@H](c1oc(CN2CCc3cc(OC)c(OC)cc3C2)cc(=O)c1O)C1CCCCC1. The Kier molecular flexibility index (Phi) is 8.00. The zero-order chi connectivity index (χ0) is 24.9. The van der Waals surface area contributed by atoms with Crippen LogP contribution in [0.15, 0.2) is 27.4 Å². The van der Waals surface area contributed by atoms with Crippen LogP contribution >= 0.6 is 0 Å². The highest BCUT2D eigenvalue weighted by Crippen LogP contribution is 2.41. The zero-order valence-electron chi connectivity index (χ0n) is 20.8. The van der Waals surface area contributed by atoms with Gasteiger partial charge in [0.2, 0.25) is 11.2 Å². The fraction of sp³-hybridized carbons (Fsp3) is 0.556. The van der Waals surface area contributed by atoms with Gasteiger partial charge in [-0.1, -0.05) is 19.3 Å². The molecule has 1 fully saturated rings. The van der Waals surface area contributed by atoms with Crippen molar-refractivity contribution >= 4 is 5.97 Å². The van der Waals surface area contributed by atoms with Crippen LogP contribution in [0, 0.1) is 5.92 Å². The number of nitrogens with zero attached hydrogens (tertiary/aromatic N) is 1. The quantitative estimate of drug-likeness (QED) is 0.557. The minimum Gasteiger partial charge on any atom is -0.502 e. The predicted molar refractivity (Wildman–Crippen MR) is 130 cm³/mol. The lowest BCUT2D eigenvalue weighted by atomic mass is 9.77. The van der Waals surface area contributed by atoms with E-state index in [9.17, 15) is 14.7 Å². The third kappa shape index (κ3) is 5.64. The van der Waals surface area contributed by atoms with Gasteiger partial charge in [0.05, 0.1) is 34.3 Å². The van der Waals surface area contributed by atoms with Gasteiger partial charge in [-0.2, -0.15) is 0 Å². The van der Waals surface area contributed by atoms with E-state index in [1.165, 1.54) is 18.7 Å². The van der Waals surface area contributed by atoms with Gasteiger partial charge in [-0.15, -0.1) is 0 Å². The van der Waals surface area contributed by atoms with E-state index in [-0.39, 0.29) is 30.0 Å². The number of carbonyl (C=O) groups excluding carboxylic acids is 1. The van der Waals surface area contributed by atoms with Crippen molar-refractivity contribution in [3.63, 3.8) is 0 Å². The van der Waals surface area contributed by atoms with Crippen LogP contribution in [-0.2, 0) is 29.0 Å². The molecule has 1 atom stereocenters. The average molecular weight is 486 g/mol. The summed E-state index contributed by atoms with van der Waals surface area (Å²) in [5.41, 5.74) is 1.87. The lowest BCUT2D eigenvalue weighted by molar-refractivity contribution is -0.141. The van der Waals surface area contributed by atoms with E-state index in [0.29, 0.717) is 30.3 Å². The van der Waals surface area contributed by atoms with Gasteiger partial charge in [-0.05, 0) is 48.4 Å². The van der Waals surface area contributed by atoms with Gasteiger partial charge in [-0.3, -0.25) is 14.5 Å². The molecular formula is C27H35NO7. The summed E-state index contributed by atoms with van der Waals surface area (Å²) in [7, 11) is 4.60. The van der Waals surface area contributed by atoms with Gasteiger partial charge in [0.25, 0.3) is 0 Å². The van der Waals surface area contributed by atoms with Crippen molar-refractivity contribution in [1.29, 1.82) is 0 Å². The maximum Gasteiger partial charge on any atom is 0.306 e. The Morgan fingerprint density at radius 1 is 1.09 bits per heavy atom. The van der Waals surface area contributed by atoms with E-state index in [1.54, 1.807) is 14.2 Å². The molecular weight excluding hydrogens is 450 g/mol. The molecule has 2 aromatic rings. The molecule has 4 rings (SSSR count).